The van der Waals surface area contributed by atoms with Gasteiger partial charge >= 0.3 is 0 Å². The number of nitrogens with two attached hydrogens (primary N) is 1. The first-order valence-electron chi connectivity index (χ1n) is 8.99. The fourth-order valence-electron chi connectivity index (χ4n) is 3.04. The van der Waals surface area contributed by atoms with E-state index in [0.29, 0.717) is 26.0 Å². The predicted molar refractivity (Wildman–Crippen MR) is 124 cm³/mol. The molecule has 0 saturated carbocycles. The molecule has 7 nitrogen and oxygen atoms in total. The molecule has 0 unspecified atom stereocenters. The molecule has 1 amide bonds. The molecule has 0 spiro atoms. The van der Waals surface area contributed by atoms with Crippen molar-refractivity contribution in [2.75, 3.05) is 11.5 Å². The average molecular weight is 457 g/mol. The molecule has 30 heavy (non-hydrogen) atoms. The Bertz CT molecular complexity index is 1140. The summed E-state index contributed by atoms with van der Waals surface area (Å²) in [5, 5.41) is 11.7. The molecule has 0 fully saturated rings. The highest BCUT2D eigenvalue weighted by Crippen LogP contribution is 2.34. The number of benzene rings is 2. The van der Waals surface area contributed by atoms with E-state index in [1.807, 2.05) is 55.5 Å². The number of hydrogen-bond donors (Lipinski definition) is 2. The van der Waals surface area contributed by atoms with E-state index >= 15 is 0 Å². The Morgan fingerprint density at radius 1 is 1.13 bits per heavy atom. The second-order valence-electron chi connectivity index (χ2n) is 6.47. The maximum absolute atomic E-state index is 12.7. The number of carbonyl (C=O) groups is 1. The summed E-state index contributed by atoms with van der Waals surface area (Å²) in [7, 11) is 0. The van der Waals surface area contributed by atoms with Crippen LogP contribution in [0.4, 0.5) is 16.5 Å². The molecule has 1 aliphatic heterocycles. The summed E-state index contributed by atoms with van der Waals surface area (Å²) in [6, 6.07) is 15.1. The zero-order valence-electron chi connectivity index (χ0n) is 15.9. The number of carbonyl (C=O) groups excluding carboxylic acids is 1. The van der Waals surface area contributed by atoms with Gasteiger partial charge < -0.3 is 11.1 Å². The highest BCUT2D eigenvalue weighted by Gasteiger charge is 2.26. The number of halogens is 1. The Balaban J connectivity index is 1.63. The highest BCUT2D eigenvalue weighted by atomic mass is 35.5. The fraction of sp³-hybridized carbons (Fsp3) is 0.150. The smallest absolute Gasteiger partial charge is 0.235 e. The van der Waals surface area contributed by atoms with E-state index in [1.165, 1.54) is 23.1 Å². The van der Waals surface area contributed by atoms with E-state index in [2.05, 4.69) is 15.5 Å². The standard InChI is InChI=1S/C20H17ClN6OS2/c1-11-17(12-6-8-13(21)9-7-12)18(24-15-5-3-2-4-14(15)23-11)25-16(28)10-29-20-27-26-19(22)30-20/h2-9,17H,10H2,1H3,(H2,22,26)(H,24,25,28)/t17-/m0/s1. The van der Waals surface area contributed by atoms with Gasteiger partial charge in [-0.1, -0.05) is 59.0 Å². The first-order chi connectivity index (χ1) is 14.5. The fourth-order valence-corrected chi connectivity index (χ4v) is 4.60. The van der Waals surface area contributed by atoms with Gasteiger partial charge in [0.15, 0.2) is 4.34 Å². The second kappa shape index (κ2) is 8.95. The SMILES string of the molecule is CC1=Nc2ccccc2N=C(NC(=O)CSc2nnc(N)s2)[C@@H]1c1ccc(Cl)cc1. The minimum atomic E-state index is -0.305. The number of thioether (sulfide) groups is 1. The molecule has 1 aliphatic rings. The van der Waals surface area contributed by atoms with Gasteiger partial charge in [-0.15, -0.1) is 10.2 Å². The second-order valence-corrected chi connectivity index (χ2v) is 9.13. The van der Waals surface area contributed by atoms with Crippen molar-refractivity contribution >= 4 is 68.7 Å². The summed E-state index contributed by atoms with van der Waals surface area (Å²) >= 11 is 8.59. The van der Waals surface area contributed by atoms with Crippen molar-refractivity contribution in [1.82, 2.24) is 15.5 Å². The van der Waals surface area contributed by atoms with Crippen LogP contribution in [0.2, 0.25) is 5.02 Å². The molecule has 2 heterocycles. The number of para-hydroxylation sites is 2. The van der Waals surface area contributed by atoms with Crippen LogP contribution in [0.25, 0.3) is 0 Å². The summed E-state index contributed by atoms with van der Waals surface area (Å²) in [5.74, 6) is 0.184. The Labute approximate surface area is 186 Å². The minimum absolute atomic E-state index is 0.166. The van der Waals surface area contributed by atoms with Gasteiger partial charge in [-0.25, -0.2) is 4.99 Å². The van der Waals surface area contributed by atoms with Crippen molar-refractivity contribution in [3.63, 3.8) is 0 Å². The van der Waals surface area contributed by atoms with Crippen molar-refractivity contribution < 1.29 is 4.79 Å². The Morgan fingerprint density at radius 3 is 2.50 bits per heavy atom. The molecule has 3 aromatic rings. The third kappa shape index (κ3) is 4.69. The Kier molecular flexibility index (Phi) is 6.12. The number of rotatable bonds is 4. The lowest BCUT2D eigenvalue weighted by Crippen LogP contribution is -2.38. The van der Waals surface area contributed by atoms with Gasteiger partial charge in [0.25, 0.3) is 0 Å². The largest absolute Gasteiger partial charge is 0.374 e. The normalized spacial score (nSPS) is 15.6. The van der Waals surface area contributed by atoms with Crippen LogP contribution in [0.3, 0.4) is 0 Å². The molecular weight excluding hydrogens is 440 g/mol. The monoisotopic (exact) mass is 456 g/mol. The van der Waals surface area contributed by atoms with Gasteiger partial charge in [0.05, 0.1) is 23.0 Å². The summed E-state index contributed by atoms with van der Waals surface area (Å²) < 4.78 is 0.641. The van der Waals surface area contributed by atoms with Gasteiger partial charge in [-0.05, 0) is 36.8 Å². The van der Waals surface area contributed by atoms with Crippen LogP contribution >= 0.6 is 34.7 Å². The number of aliphatic imine (C=N–C) groups is 2. The van der Waals surface area contributed by atoms with Crippen LogP contribution in [0.1, 0.15) is 18.4 Å². The van der Waals surface area contributed by atoms with Crippen LogP contribution in [0.15, 0.2) is 62.9 Å². The van der Waals surface area contributed by atoms with Crippen LogP contribution in [0, 0.1) is 0 Å². The Morgan fingerprint density at radius 2 is 1.83 bits per heavy atom. The molecule has 10 heteroatoms. The summed E-state index contributed by atoms with van der Waals surface area (Å²) in [5.41, 5.74) is 8.82. The number of fused-ring (bicyclic) bond motifs is 1. The molecule has 152 valence electrons. The van der Waals surface area contributed by atoms with Crippen LogP contribution in [0.5, 0.6) is 0 Å². The number of nitrogen functional groups attached to an aromatic ring is 1. The van der Waals surface area contributed by atoms with Crippen LogP contribution in [-0.2, 0) is 4.79 Å². The zero-order valence-corrected chi connectivity index (χ0v) is 18.3. The number of nitrogens with zero attached hydrogens (tertiary/aromatic N) is 4. The topological polar surface area (TPSA) is 106 Å². The highest BCUT2D eigenvalue weighted by molar-refractivity contribution is 8.01. The Hall–Kier alpha value is -2.75. The first-order valence-corrected chi connectivity index (χ1v) is 11.2. The summed E-state index contributed by atoms with van der Waals surface area (Å²) in [6.07, 6.45) is 0. The third-order valence-electron chi connectivity index (χ3n) is 4.33. The zero-order chi connectivity index (χ0) is 21.1. The van der Waals surface area contributed by atoms with Gasteiger partial charge in [-0.3, -0.25) is 9.79 Å². The van der Waals surface area contributed by atoms with E-state index < -0.39 is 0 Å². The summed E-state index contributed by atoms with van der Waals surface area (Å²) in [6.45, 7) is 1.93. The van der Waals surface area contributed by atoms with Crippen LogP contribution < -0.4 is 11.1 Å². The lowest BCUT2D eigenvalue weighted by atomic mass is 9.93. The molecule has 0 saturated heterocycles. The molecule has 0 aliphatic carbocycles. The third-order valence-corrected chi connectivity index (χ3v) is 6.47. The number of anilines is 1. The van der Waals surface area contributed by atoms with Crippen LogP contribution in [-0.4, -0.2) is 33.4 Å². The molecule has 2 aromatic carbocycles. The van der Waals surface area contributed by atoms with Crippen molar-refractivity contribution in [2.24, 2.45) is 9.98 Å². The first kappa shape index (κ1) is 20.5. The van der Waals surface area contributed by atoms with E-state index in [0.717, 1.165) is 17.0 Å². The van der Waals surface area contributed by atoms with E-state index in [1.54, 1.807) is 0 Å². The lowest BCUT2D eigenvalue weighted by molar-refractivity contribution is -0.117. The molecule has 0 bridgehead atoms. The van der Waals surface area contributed by atoms with Gasteiger partial charge in [0, 0.05) is 10.7 Å². The molecular formula is C20H17ClN6OS2. The predicted octanol–water partition coefficient (Wildman–Crippen LogP) is 4.60. The van der Waals surface area contributed by atoms with Crippen molar-refractivity contribution in [3.05, 3.63) is 59.1 Å². The molecule has 1 atom stereocenters. The average Bonchev–Trinajstić information content (AvgIpc) is 3.08. The number of nitrogens with one attached hydrogen (secondary N) is 1. The van der Waals surface area contributed by atoms with Gasteiger partial charge in [-0.2, -0.15) is 0 Å². The van der Waals surface area contributed by atoms with Gasteiger partial charge in [0.1, 0.15) is 5.84 Å². The quantitative estimate of drug-likeness (QED) is 0.558. The lowest BCUT2D eigenvalue weighted by Gasteiger charge is -2.19. The minimum Gasteiger partial charge on any atom is -0.374 e. The maximum Gasteiger partial charge on any atom is 0.235 e. The summed E-state index contributed by atoms with van der Waals surface area (Å²) in [4.78, 5) is 22.2. The van der Waals surface area contributed by atoms with Crippen molar-refractivity contribution in [1.29, 1.82) is 0 Å². The number of amides is 1. The van der Waals surface area contributed by atoms with E-state index in [9.17, 15) is 4.79 Å². The number of hydrogen-bond acceptors (Lipinski definition) is 8. The maximum atomic E-state index is 12.7. The van der Waals surface area contributed by atoms with Gasteiger partial charge in [0.2, 0.25) is 11.0 Å². The van der Waals surface area contributed by atoms with Crippen molar-refractivity contribution in [3.8, 4) is 0 Å². The molecule has 0 radical (unpaired) electrons. The number of amidine groups is 1. The number of aromatic nitrogens is 2. The van der Waals surface area contributed by atoms with E-state index in [-0.39, 0.29) is 17.6 Å². The van der Waals surface area contributed by atoms with E-state index in [4.69, 9.17) is 27.3 Å². The van der Waals surface area contributed by atoms with Crippen molar-refractivity contribution in [2.45, 2.75) is 17.2 Å². The molecule has 3 N–H and O–H groups in total. The molecule has 1 aromatic heterocycles. The molecule has 4 rings (SSSR count).